The SMILES string of the molecule is C=CCC.CCNC=O.COC/C(OC)=C(\C)OC.Cc1cccc2[nH]c(CCC(=O)N3CCC[C@H]3C)nc12. The molecule has 2 heterocycles. The fourth-order valence-electron chi connectivity index (χ4n) is 3.65. The molecule has 0 bridgehead atoms. The Kier molecular flexibility index (Phi) is 19.7. The van der Waals surface area contributed by atoms with Crippen LogP contribution in [0.1, 0.15) is 64.8 Å². The van der Waals surface area contributed by atoms with Gasteiger partial charge in [-0.3, -0.25) is 9.59 Å². The highest BCUT2D eigenvalue weighted by atomic mass is 16.5. The maximum Gasteiger partial charge on any atom is 0.223 e. The molecule has 0 saturated carbocycles. The number of nitrogens with one attached hydrogen (secondary N) is 2. The summed E-state index contributed by atoms with van der Waals surface area (Å²) in [5, 5.41) is 2.43. The largest absolute Gasteiger partial charge is 0.498 e. The second kappa shape index (κ2) is 21.6. The first kappa shape index (κ1) is 35.7. The van der Waals surface area contributed by atoms with Crippen LogP contribution >= 0.6 is 0 Å². The summed E-state index contributed by atoms with van der Waals surface area (Å²) in [6.45, 7) is 15.5. The van der Waals surface area contributed by atoms with Gasteiger partial charge < -0.3 is 29.4 Å². The number of imidazole rings is 1. The summed E-state index contributed by atoms with van der Waals surface area (Å²) in [7, 11) is 4.81. The number of H-pyrrole nitrogens is 1. The van der Waals surface area contributed by atoms with Gasteiger partial charge in [-0.05, 0) is 58.6 Å². The van der Waals surface area contributed by atoms with Crippen LogP contribution < -0.4 is 5.32 Å². The van der Waals surface area contributed by atoms with Gasteiger partial charge in [0.25, 0.3) is 0 Å². The first-order chi connectivity index (χ1) is 18.7. The van der Waals surface area contributed by atoms with Crippen LogP contribution in [0.4, 0.5) is 0 Å². The molecule has 220 valence electrons. The number of nitrogens with zero attached hydrogens (tertiary/aromatic N) is 2. The summed E-state index contributed by atoms with van der Waals surface area (Å²) in [6, 6.07) is 6.52. The predicted molar refractivity (Wildman–Crippen MR) is 158 cm³/mol. The third-order valence-corrected chi connectivity index (χ3v) is 6.01. The average Bonchev–Trinajstić information content (AvgIpc) is 3.58. The molecule has 1 aromatic heterocycles. The molecule has 2 N–H and O–H groups in total. The van der Waals surface area contributed by atoms with Crippen molar-refractivity contribution < 1.29 is 23.8 Å². The molecular weight excluding hydrogens is 496 g/mol. The van der Waals surface area contributed by atoms with Crippen molar-refractivity contribution in [2.75, 3.05) is 41.0 Å². The predicted octanol–water partition coefficient (Wildman–Crippen LogP) is 5.31. The highest BCUT2D eigenvalue weighted by molar-refractivity contribution is 5.79. The Bertz CT molecular complexity index is 1000. The Morgan fingerprint density at radius 1 is 1.26 bits per heavy atom. The summed E-state index contributed by atoms with van der Waals surface area (Å²) in [4.78, 5) is 31.4. The van der Waals surface area contributed by atoms with Crippen LogP contribution in [0.5, 0.6) is 0 Å². The highest BCUT2D eigenvalue weighted by Gasteiger charge is 2.24. The first-order valence-electron chi connectivity index (χ1n) is 13.5. The number of rotatable bonds is 10. The fourth-order valence-corrected chi connectivity index (χ4v) is 3.65. The van der Waals surface area contributed by atoms with E-state index in [1.54, 1.807) is 21.3 Å². The monoisotopic (exact) mass is 546 g/mol. The van der Waals surface area contributed by atoms with Crippen molar-refractivity contribution in [1.82, 2.24) is 20.2 Å². The van der Waals surface area contributed by atoms with Gasteiger partial charge in [-0.25, -0.2) is 4.98 Å². The van der Waals surface area contributed by atoms with E-state index < -0.39 is 0 Å². The van der Waals surface area contributed by atoms with Gasteiger partial charge in [0.2, 0.25) is 12.3 Å². The number of likely N-dealkylation sites (tertiary alicyclic amines) is 1. The number of aromatic nitrogens is 2. The molecule has 1 atom stereocenters. The van der Waals surface area contributed by atoms with Gasteiger partial charge in [0, 0.05) is 39.1 Å². The number of ether oxygens (including phenoxy) is 3. The summed E-state index contributed by atoms with van der Waals surface area (Å²) in [5.74, 6) is 2.65. The molecule has 1 fully saturated rings. The lowest BCUT2D eigenvalue weighted by Crippen LogP contribution is -2.33. The number of hydrogen-bond acceptors (Lipinski definition) is 6. The van der Waals surface area contributed by atoms with E-state index in [2.05, 4.69) is 48.7 Å². The van der Waals surface area contributed by atoms with Crippen molar-refractivity contribution in [2.45, 2.75) is 72.8 Å². The lowest BCUT2D eigenvalue weighted by Gasteiger charge is -2.21. The minimum absolute atomic E-state index is 0.257. The molecule has 0 unspecified atom stereocenters. The Morgan fingerprint density at radius 3 is 2.38 bits per heavy atom. The molecule has 0 spiro atoms. The Morgan fingerprint density at radius 2 is 1.95 bits per heavy atom. The molecule has 2 aromatic rings. The number of para-hydroxylation sites is 1. The Balaban J connectivity index is 0.000000635. The molecule has 0 aliphatic carbocycles. The highest BCUT2D eigenvalue weighted by Crippen LogP contribution is 2.19. The normalized spacial score (nSPS) is 14.4. The van der Waals surface area contributed by atoms with E-state index in [1.165, 1.54) is 5.56 Å². The van der Waals surface area contributed by atoms with E-state index in [4.69, 9.17) is 14.2 Å². The van der Waals surface area contributed by atoms with Gasteiger partial charge in [-0.1, -0.05) is 25.1 Å². The second-order valence-corrected chi connectivity index (χ2v) is 8.93. The van der Waals surface area contributed by atoms with E-state index in [1.807, 2.05) is 37.0 Å². The molecule has 1 aliphatic rings. The number of aryl methyl sites for hydroxylation is 2. The van der Waals surface area contributed by atoms with Crippen molar-refractivity contribution >= 4 is 23.4 Å². The summed E-state index contributed by atoms with van der Waals surface area (Å²) in [6.07, 6.45) is 7.14. The molecule has 2 amide bonds. The third-order valence-electron chi connectivity index (χ3n) is 6.01. The number of allylic oxidation sites excluding steroid dienone is 2. The number of amides is 2. The van der Waals surface area contributed by atoms with Gasteiger partial charge in [0.15, 0.2) is 5.76 Å². The maximum atomic E-state index is 12.2. The number of benzene rings is 1. The van der Waals surface area contributed by atoms with E-state index >= 15 is 0 Å². The molecule has 0 radical (unpaired) electrons. The minimum Gasteiger partial charge on any atom is -0.498 e. The van der Waals surface area contributed by atoms with Crippen molar-refractivity contribution in [1.29, 1.82) is 0 Å². The average molecular weight is 547 g/mol. The zero-order valence-corrected chi connectivity index (χ0v) is 25.3. The van der Waals surface area contributed by atoms with Crippen LogP contribution in [0.25, 0.3) is 11.0 Å². The Hall–Kier alpha value is -3.33. The number of methoxy groups -OCH3 is 3. The molecule has 1 aromatic carbocycles. The van der Waals surface area contributed by atoms with E-state index in [0.717, 1.165) is 60.7 Å². The Labute approximate surface area is 235 Å². The molecule has 9 nitrogen and oxygen atoms in total. The number of aromatic amines is 1. The number of hydrogen-bond donors (Lipinski definition) is 2. The van der Waals surface area contributed by atoms with Crippen LogP contribution in [0.15, 0.2) is 42.4 Å². The van der Waals surface area contributed by atoms with Crippen LogP contribution in [0, 0.1) is 6.92 Å². The molecule has 9 heteroatoms. The smallest absolute Gasteiger partial charge is 0.223 e. The van der Waals surface area contributed by atoms with Gasteiger partial charge in [0.1, 0.15) is 18.2 Å². The van der Waals surface area contributed by atoms with Crippen molar-refractivity contribution in [2.24, 2.45) is 0 Å². The third kappa shape index (κ3) is 13.9. The van der Waals surface area contributed by atoms with Gasteiger partial charge in [-0.2, -0.15) is 0 Å². The van der Waals surface area contributed by atoms with Gasteiger partial charge in [0.05, 0.1) is 25.3 Å². The molecule has 1 aliphatic heterocycles. The quantitative estimate of drug-likeness (QED) is 0.238. The summed E-state index contributed by atoms with van der Waals surface area (Å²) < 4.78 is 14.8. The van der Waals surface area contributed by atoms with Crippen molar-refractivity contribution in [3.05, 3.63) is 53.8 Å². The van der Waals surface area contributed by atoms with Gasteiger partial charge >= 0.3 is 0 Å². The molecule has 3 rings (SSSR count). The number of carbonyl (C=O) groups excluding carboxylic acids is 2. The number of fused-ring (bicyclic) bond motifs is 1. The van der Waals surface area contributed by atoms with Crippen LogP contribution in [0.2, 0.25) is 0 Å². The summed E-state index contributed by atoms with van der Waals surface area (Å²) >= 11 is 0. The topological polar surface area (TPSA) is 106 Å². The fraction of sp³-hybridized carbons (Fsp3) is 0.567. The zero-order valence-electron chi connectivity index (χ0n) is 25.3. The van der Waals surface area contributed by atoms with Crippen molar-refractivity contribution in [3.63, 3.8) is 0 Å². The zero-order chi connectivity index (χ0) is 29.6. The van der Waals surface area contributed by atoms with Gasteiger partial charge in [-0.15, -0.1) is 6.58 Å². The molecule has 1 saturated heterocycles. The lowest BCUT2D eigenvalue weighted by atomic mass is 10.2. The van der Waals surface area contributed by atoms with Crippen LogP contribution in [-0.2, 0) is 30.2 Å². The van der Waals surface area contributed by atoms with E-state index in [0.29, 0.717) is 31.9 Å². The lowest BCUT2D eigenvalue weighted by molar-refractivity contribution is -0.131. The summed E-state index contributed by atoms with van der Waals surface area (Å²) in [5.41, 5.74) is 3.25. The minimum atomic E-state index is 0.257. The van der Waals surface area contributed by atoms with E-state index in [9.17, 15) is 9.59 Å². The van der Waals surface area contributed by atoms with Crippen molar-refractivity contribution in [3.8, 4) is 0 Å². The van der Waals surface area contributed by atoms with Crippen LogP contribution in [-0.4, -0.2) is 74.3 Å². The standard InChI is InChI=1S/C16H21N3O.C7H14O3.C4H8.C3H7NO/c1-11-5-3-7-13-16(11)18-14(17-13)8-9-15(20)19-10-4-6-12(19)2;1-6(9-3)7(10-4)5-8-2;1-3-4-2;1-2-4-3-5/h3,5,7,12H,4,6,8-10H2,1-2H3,(H,17,18);5H2,1-4H3;3H,1,4H2,2H3;3H,2H2,1H3,(H,4,5)/b;7-6-;;/t12-;;;/m1.../s1. The molecule has 39 heavy (non-hydrogen) atoms. The molecular formula is C30H50N4O5. The van der Waals surface area contributed by atoms with E-state index in [-0.39, 0.29) is 5.91 Å². The first-order valence-corrected chi connectivity index (χ1v) is 13.5. The maximum absolute atomic E-state index is 12.2. The van der Waals surface area contributed by atoms with Crippen LogP contribution in [0.3, 0.4) is 0 Å². The second-order valence-electron chi connectivity index (χ2n) is 8.93. The number of carbonyl (C=O) groups is 2.